The van der Waals surface area contributed by atoms with Gasteiger partial charge in [0.05, 0.1) is 6.20 Å². The molecule has 1 aromatic carbocycles. The van der Waals surface area contributed by atoms with Crippen LogP contribution in [0.1, 0.15) is 32.6 Å². The van der Waals surface area contributed by atoms with E-state index in [0.29, 0.717) is 6.04 Å². The zero-order chi connectivity index (χ0) is 13.9. The molecule has 20 heavy (non-hydrogen) atoms. The summed E-state index contributed by atoms with van der Waals surface area (Å²) >= 11 is 0. The highest BCUT2D eigenvalue weighted by Gasteiger charge is 2.18. The van der Waals surface area contributed by atoms with Crippen LogP contribution in [-0.4, -0.2) is 21.0 Å². The monoisotopic (exact) mass is 270 g/mol. The van der Waals surface area contributed by atoms with Crippen LogP contribution in [-0.2, 0) is 7.05 Å². The summed E-state index contributed by atoms with van der Waals surface area (Å²) in [6, 6.07) is 9.08. The zero-order valence-corrected chi connectivity index (χ0v) is 12.2. The summed E-state index contributed by atoms with van der Waals surface area (Å²) in [6.07, 6.45) is 7.21. The average Bonchev–Trinajstić information content (AvgIpc) is 2.86. The first kappa shape index (κ1) is 13.2. The van der Waals surface area contributed by atoms with E-state index in [1.165, 1.54) is 31.4 Å². The van der Waals surface area contributed by atoms with E-state index in [1.807, 2.05) is 13.2 Å². The predicted molar refractivity (Wildman–Crippen MR) is 81.5 cm³/mol. The summed E-state index contributed by atoms with van der Waals surface area (Å²) in [5, 5.41) is 11.8. The second-order valence-electron chi connectivity index (χ2n) is 5.97. The van der Waals surface area contributed by atoms with Crippen molar-refractivity contribution in [3.8, 4) is 11.3 Å². The quantitative estimate of drug-likeness (QED) is 0.928. The summed E-state index contributed by atoms with van der Waals surface area (Å²) in [4.78, 5) is 0. The third kappa shape index (κ3) is 3.00. The Morgan fingerprint density at radius 1 is 1.30 bits per heavy atom. The van der Waals surface area contributed by atoms with Crippen LogP contribution in [0.3, 0.4) is 0 Å². The second-order valence-corrected chi connectivity index (χ2v) is 5.97. The van der Waals surface area contributed by atoms with Crippen molar-refractivity contribution in [3.05, 3.63) is 30.5 Å². The van der Waals surface area contributed by atoms with E-state index in [0.717, 1.165) is 17.2 Å². The van der Waals surface area contributed by atoms with E-state index < -0.39 is 0 Å². The first-order valence-electron chi connectivity index (χ1n) is 7.44. The lowest BCUT2D eigenvalue weighted by molar-refractivity contribution is 0.358. The molecule has 1 saturated carbocycles. The van der Waals surface area contributed by atoms with E-state index in [-0.39, 0.29) is 0 Å². The molecule has 2 atom stereocenters. The molecular formula is C16H22N4. The topological polar surface area (TPSA) is 42.7 Å². The summed E-state index contributed by atoms with van der Waals surface area (Å²) in [5.74, 6) is 0.837. The summed E-state index contributed by atoms with van der Waals surface area (Å²) in [7, 11) is 1.89. The van der Waals surface area contributed by atoms with Crippen LogP contribution in [0.2, 0.25) is 0 Å². The lowest BCUT2D eigenvalue weighted by atomic mass is 9.87. The average molecular weight is 270 g/mol. The number of nitrogens with one attached hydrogen (secondary N) is 1. The number of rotatable bonds is 3. The van der Waals surface area contributed by atoms with Gasteiger partial charge in [0.1, 0.15) is 5.69 Å². The van der Waals surface area contributed by atoms with E-state index in [2.05, 4.69) is 46.8 Å². The number of hydrogen-bond acceptors (Lipinski definition) is 3. The minimum atomic E-state index is 0.607. The van der Waals surface area contributed by atoms with Crippen molar-refractivity contribution in [2.24, 2.45) is 13.0 Å². The number of nitrogens with zero attached hydrogens (tertiary/aromatic N) is 3. The van der Waals surface area contributed by atoms with Gasteiger partial charge < -0.3 is 5.32 Å². The predicted octanol–water partition coefficient (Wildman–Crippen LogP) is 3.47. The van der Waals surface area contributed by atoms with Gasteiger partial charge in [-0.1, -0.05) is 37.1 Å². The Labute approximate surface area is 120 Å². The minimum absolute atomic E-state index is 0.607. The molecule has 1 aliphatic carbocycles. The molecule has 3 rings (SSSR count). The first-order chi connectivity index (χ1) is 9.70. The molecule has 1 N–H and O–H groups in total. The largest absolute Gasteiger partial charge is 0.382 e. The van der Waals surface area contributed by atoms with Crippen molar-refractivity contribution in [3.63, 3.8) is 0 Å². The van der Waals surface area contributed by atoms with Gasteiger partial charge in [0.2, 0.25) is 0 Å². The van der Waals surface area contributed by atoms with Gasteiger partial charge in [0.15, 0.2) is 0 Å². The normalized spacial score (nSPS) is 22.7. The van der Waals surface area contributed by atoms with Crippen molar-refractivity contribution >= 4 is 5.69 Å². The summed E-state index contributed by atoms with van der Waals surface area (Å²) in [5.41, 5.74) is 3.23. The number of benzene rings is 1. The van der Waals surface area contributed by atoms with Crippen molar-refractivity contribution in [2.75, 3.05) is 5.32 Å². The van der Waals surface area contributed by atoms with Crippen LogP contribution in [0.4, 0.5) is 5.69 Å². The van der Waals surface area contributed by atoms with Gasteiger partial charge in [0, 0.05) is 24.3 Å². The fraction of sp³-hybridized carbons (Fsp3) is 0.500. The molecular weight excluding hydrogens is 248 g/mol. The van der Waals surface area contributed by atoms with Gasteiger partial charge in [-0.25, -0.2) is 0 Å². The molecule has 1 heterocycles. The van der Waals surface area contributed by atoms with Crippen LogP contribution in [0.5, 0.6) is 0 Å². The molecule has 4 heteroatoms. The highest BCUT2D eigenvalue weighted by Crippen LogP contribution is 2.27. The van der Waals surface area contributed by atoms with Gasteiger partial charge in [-0.15, -0.1) is 5.10 Å². The molecule has 4 nitrogen and oxygen atoms in total. The Morgan fingerprint density at radius 3 is 2.95 bits per heavy atom. The lowest BCUT2D eigenvalue weighted by Crippen LogP contribution is -2.26. The molecule has 0 radical (unpaired) electrons. The summed E-state index contributed by atoms with van der Waals surface area (Å²) in [6.45, 7) is 2.35. The Hall–Kier alpha value is -1.84. The van der Waals surface area contributed by atoms with Crippen molar-refractivity contribution in [2.45, 2.75) is 38.6 Å². The molecule has 2 unspecified atom stereocenters. The van der Waals surface area contributed by atoms with Gasteiger partial charge in [-0.05, 0) is 30.9 Å². The van der Waals surface area contributed by atoms with E-state index >= 15 is 0 Å². The van der Waals surface area contributed by atoms with Crippen LogP contribution in [0.15, 0.2) is 30.5 Å². The van der Waals surface area contributed by atoms with E-state index in [9.17, 15) is 0 Å². The molecule has 0 amide bonds. The van der Waals surface area contributed by atoms with Crippen LogP contribution in [0.25, 0.3) is 11.3 Å². The molecule has 1 fully saturated rings. The van der Waals surface area contributed by atoms with Gasteiger partial charge in [-0.3, -0.25) is 4.68 Å². The van der Waals surface area contributed by atoms with Gasteiger partial charge in [-0.2, -0.15) is 0 Å². The van der Waals surface area contributed by atoms with Gasteiger partial charge in [0.25, 0.3) is 0 Å². The third-order valence-corrected chi connectivity index (χ3v) is 4.07. The number of aryl methyl sites for hydroxylation is 1. The Balaban J connectivity index is 1.74. The molecule has 0 bridgehead atoms. The maximum Gasteiger partial charge on any atom is 0.113 e. The van der Waals surface area contributed by atoms with Gasteiger partial charge >= 0.3 is 0 Å². The Morgan fingerprint density at radius 2 is 2.20 bits per heavy atom. The lowest BCUT2D eigenvalue weighted by Gasteiger charge is -2.28. The maximum atomic E-state index is 4.17. The van der Waals surface area contributed by atoms with Crippen LogP contribution < -0.4 is 5.32 Å². The molecule has 2 aromatic rings. The third-order valence-electron chi connectivity index (χ3n) is 4.07. The number of anilines is 1. The molecule has 0 spiro atoms. The highest BCUT2D eigenvalue weighted by atomic mass is 15.4. The highest BCUT2D eigenvalue weighted by molar-refractivity contribution is 5.64. The Kier molecular flexibility index (Phi) is 3.72. The van der Waals surface area contributed by atoms with E-state index in [1.54, 1.807) is 4.68 Å². The zero-order valence-electron chi connectivity index (χ0n) is 12.2. The van der Waals surface area contributed by atoms with Crippen molar-refractivity contribution in [1.82, 2.24) is 15.0 Å². The number of hydrogen-bond donors (Lipinski definition) is 1. The van der Waals surface area contributed by atoms with Crippen LogP contribution in [0, 0.1) is 5.92 Å². The number of aromatic nitrogens is 3. The van der Waals surface area contributed by atoms with Crippen molar-refractivity contribution in [1.29, 1.82) is 0 Å². The van der Waals surface area contributed by atoms with Crippen molar-refractivity contribution < 1.29 is 0 Å². The first-order valence-corrected chi connectivity index (χ1v) is 7.44. The van der Waals surface area contributed by atoms with E-state index in [4.69, 9.17) is 0 Å². The summed E-state index contributed by atoms with van der Waals surface area (Å²) < 4.78 is 1.73. The fourth-order valence-corrected chi connectivity index (χ4v) is 3.05. The van der Waals surface area contributed by atoms with Crippen LogP contribution >= 0.6 is 0 Å². The molecule has 1 aromatic heterocycles. The minimum Gasteiger partial charge on any atom is -0.382 e. The Bertz CT molecular complexity index is 575. The smallest absolute Gasteiger partial charge is 0.113 e. The fourth-order valence-electron chi connectivity index (χ4n) is 3.05. The second kappa shape index (κ2) is 5.65. The molecule has 1 aliphatic rings. The molecule has 106 valence electrons. The molecule has 0 saturated heterocycles. The standard InChI is InChI=1S/C16H22N4/c1-12-5-3-7-14(9-12)17-15-8-4-6-13(10-15)16-11-20(2)19-18-16/h4,6,8,10-12,14,17H,3,5,7,9H2,1-2H3. The SMILES string of the molecule is CC1CCCC(Nc2cccc(-c3cn(C)nn3)c2)C1. The maximum absolute atomic E-state index is 4.17. The molecule has 0 aliphatic heterocycles.